The monoisotopic (exact) mass is 396 g/mol. The van der Waals surface area contributed by atoms with Gasteiger partial charge in [0, 0.05) is 28.0 Å². The van der Waals surface area contributed by atoms with Crippen LogP contribution in [0.1, 0.15) is 24.6 Å². The predicted molar refractivity (Wildman–Crippen MR) is 88.7 cm³/mol. The molecular weight excluding hydrogens is 384 g/mol. The van der Waals surface area contributed by atoms with Gasteiger partial charge in [0.2, 0.25) is 0 Å². The number of hydrogen-bond acceptors (Lipinski definition) is 4. The molecule has 1 aromatic carbocycles. The van der Waals surface area contributed by atoms with Crippen LogP contribution in [0.2, 0.25) is 0 Å². The lowest BCUT2D eigenvalue weighted by Crippen LogP contribution is -2.03. The highest BCUT2D eigenvalue weighted by atomic mass is 79.9. The van der Waals surface area contributed by atoms with E-state index in [2.05, 4.69) is 52.5 Å². The molecule has 0 aliphatic heterocycles. The summed E-state index contributed by atoms with van der Waals surface area (Å²) >= 11 is 7.10. The van der Waals surface area contributed by atoms with E-state index >= 15 is 0 Å². The number of para-hydroxylation sites is 1. The van der Waals surface area contributed by atoms with Gasteiger partial charge in [0.05, 0.1) is 5.69 Å². The van der Waals surface area contributed by atoms with Crippen LogP contribution in [0.15, 0.2) is 33.2 Å². The second kappa shape index (κ2) is 5.69. The molecule has 0 bridgehead atoms. The van der Waals surface area contributed by atoms with E-state index in [1.807, 2.05) is 31.3 Å². The SMILES string of the molecule is CNc1cc(Nc2c(Br)cccc2Br)nc(C2CC2)n1. The average Bonchev–Trinajstić information content (AvgIpc) is 3.27. The van der Waals surface area contributed by atoms with Crippen LogP contribution >= 0.6 is 31.9 Å². The summed E-state index contributed by atoms with van der Waals surface area (Å²) in [6.45, 7) is 0. The molecule has 0 spiro atoms. The maximum absolute atomic E-state index is 4.62. The molecule has 2 N–H and O–H groups in total. The van der Waals surface area contributed by atoms with Crippen LogP contribution in [0, 0.1) is 0 Å². The molecule has 0 amide bonds. The highest BCUT2D eigenvalue weighted by Gasteiger charge is 2.27. The van der Waals surface area contributed by atoms with Gasteiger partial charge in [-0.25, -0.2) is 9.97 Å². The van der Waals surface area contributed by atoms with E-state index in [0.29, 0.717) is 5.92 Å². The quantitative estimate of drug-likeness (QED) is 0.787. The zero-order chi connectivity index (χ0) is 14.1. The Morgan fingerprint density at radius 1 is 1.10 bits per heavy atom. The molecule has 104 valence electrons. The first-order valence-corrected chi connectivity index (χ1v) is 8.03. The van der Waals surface area contributed by atoms with E-state index in [0.717, 1.165) is 32.1 Å². The van der Waals surface area contributed by atoms with Crippen LogP contribution in [0.25, 0.3) is 0 Å². The van der Waals surface area contributed by atoms with E-state index in [1.54, 1.807) is 0 Å². The number of rotatable bonds is 4. The molecule has 0 radical (unpaired) electrons. The predicted octanol–water partition coefficient (Wildman–Crippen LogP) is 4.66. The normalized spacial score (nSPS) is 14.2. The lowest BCUT2D eigenvalue weighted by atomic mass is 10.3. The molecule has 1 aliphatic carbocycles. The Labute approximate surface area is 134 Å². The molecular formula is C14H14Br2N4. The van der Waals surface area contributed by atoms with Crippen LogP contribution in [0.4, 0.5) is 17.3 Å². The lowest BCUT2D eigenvalue weighted by Gasteiger charge is -2.12. The van der Waals surface area contributed by atoms with Crippen LogP contribution in [-0.4, -0.2) is 17.0 Å². The number of nitrogens with zero attached hydrogens (tertiary/aromatic N) is 2. The van der Waals surface area contributed by atoms with Crippen molar-refractivity contribution in [2.75, 3.05) is 17.7 Å². The Morgan fingerprint density at radius 2 is 1.75 bits per heavy atom. The van der Waals surface area contributed by atoms with Gasteiger partial charge in [0.25, 0.3) is 0 Å². The van der Waals surface area contributed by atoms with E-state index in [1.165, 1.54) is 12.8 Å². The Hall–Kier alpha value is -1.14. The molecule has 4 nitrogen and oxygen atoms in total. The summed E-state index contributed by atoms with van der Waals surface area (Å²) in [5, 5.41) is 6.44. The van der Waals surface area contributed by atoms with Crippen LogP contribution in [0.5, 0.6) is 0 Å². The third kappa shape index (κ3) is 2.96. The molecule has 3 rings (SSSR count). The fraction of sp³-hybridized carbons (Fsp3) is 0.286. The van der Waals surface area contributed by atoms with Crippen molar-refractivity contribution in [1.82, 2.24) is 9.97 Å². The van der Waals surface area contributed by atoms with E-state index < -0.39 is 0 Å². The number of benzene rings is 1. The first kappa shape index (κ1) is 13.8. The zero-order valence-corrected chi connectivity index (χ0v) is 14.1. The summed E-state index contributed by atoms with van der Waals surface area (Å²) in [5.74, 6) is 3.08. The fourth-order valence-electron chi connectivity index (χ4n) is 1.93. The minimum atomic E-state index is 0.520. The molecule has 2 aromatic rings. The summed E-state index contributed by atoms with van der Waals surface area (Å²) < 4.78 is 1.98. The van der Waals surface area contributed by atoms with Gasteiger partial charge in [-0.1, -0.05) is 6.07 Å². The minimum Gasteiger partial charge on any atom is -0.373 e. The molecule has 20 heavy (non-hydrogen) atoms. The molecule has 1 aliphatic rings. The third-order valence-corrected chi connectivity index (χ3v) is 4.48. The highest BCUT2D eigenvalue weighted by molar-refractivity contribution is 9.11. The van der Waals surface area contributed by atoms with Crippen molar-refractivity contribution >= 4 is 49.2 Å². The molecule has 0 unspecified atom stereocenters. The maximum Gasteiger partial charge on any atom is 0.136 e. The standard InChI is InChI=1S/C14H14Br2N4/c1-17-11-7-12(20-14(19-11)8-5-6-8)18-13-9(15)3-2-4-10(13)16/h2-4,7-8H,5-6H2,1H3,(H2,17,18,19,20). The largest absolute Gasteiger partial charge is 0.373 e. The van der Waals surface area contributed by atoms with Gasteiger partial charge in [-0.2, -0.15) is 0 Å². The molecule has 0 atom stereocenters. The van der Waals surface area contributed by atoms with Gasteiger partial charge in [-0.05, 0) is 56.8 Å². The van der Waals surface area contributed by atoms with Crippen molar-refractivity contribution in [3.05, 3.63) is 39.0 Å². The highest BCUT2D eigenvalue weighted by Crippen LogP contribution is 2.39. The maximum atomic E-state index is 4.62. The van der Waals surface area contributed by atoms with Crippen molar-refractivity contribution < 1.29 is 0 Å². The smallest absolute Gasteiger partial charge is 0.136 e. The van der Waals surface area contributed by atoms with Crippen molar-refractivity contribution in [3.8, 4) is 0 Å². The Morgan fingerprint density at radius 3 is 2.35 bits per heavy atom. The van der Waals surface area contributed by atoms with Gasteiger partial charge >= 0.3 is 0 Å². The summed E-state index contributed by atoms with van der Waals surface area (Å²) in [6, 6.07) is 7.88. The molecule has 1 saturated carbocycles. The number of nitrogens with one attached hydrogen (secondary N) is 2. The van der Waals surface area contributed by atoms with E-state index in [-0.39, 0.29) is 0 Å². The third-order valence-electron chi connectivity index (χ3n) is 3.16. The van der Waals surface area contributed by atoms with Gasteiger partial charge < -0.3 is 10.6 Å². The van der Waals surface area contributed by atoms with Crippen LogP contribution in [0.3, 0.4) is 0 Å². The molecule has 1 aromatic heterocycles. The minimum absolute atomic E-state index is 0.520. The van der Waals surface area contributed by atoms with Gasteiger partial charge in [0.1, 0.15) is 17.5 Å². The van der Waals surface area contributed by atoms with Crippen molar-refractivity contribution in [3.63, 3.8) is 0 Å². The van der Waals surface area contributed by atoms with Gasteiger partial charge in [0.15, 0.2) is 0 Å². The Balaban J connectivity index is 1.95. The van der Waals surface area contributed by atoms with Crippen molar-refractivity contribution in [1.29, 1.82) is 0 Å². The first-order valence-electron chi connectivity index (χ1n) is 6.45. The molecule has 0 saturated heterocycles. The van der Waals surface area contributed by atoms with Gasteiger partial charge in [-0.3, -0.25) is 0 Å². The number of anilines is 3. The Bertz CT molecular complexity index is 621. The van der Waals surface area contributed by atoms with E-state index in [9.17, 15) is 0 Å². The zero-order valence-electron chi connectivity index (χ0n) is 11.0. The first-order chi connectivity index (χ1) is 9.67. The van der Waals surface area contributed by atoms with Crippen LogP contribution < -0.4 is 10.6 Å². The lowest BCUT2D eigenvalue weighted by molar-refractivity contribution is 0.932. The Kier molecular flexibility index (Phi) is 3.94. The number of aromatic nitrogens is 2. The van der Waals surface area contributed by atoms with Crippen LogP contribution in [-0.2, 0) is 0 Å². The topological polar surface area (TPSA) is 49.8 Å². The summed E-state index contributed by atoms with van der Waals surface area (Å²) in [5.41, 5.74) is 0.968. The second-order valence-electron chi connectivity index (χ2n) is 4.74. The summed E-state index contributed by atoms with van der Waals surface area (Å²) in [7, 11) is 1.87. The second-order valence-corrected chi connectivity index (χ2v) is 6.45. The van der Waals surface area contributed by atoms with Crippen molar-refractivity contribution in [2.24, 2.45) is 0 Å². The van der Waals surface area contributed by atoms with E-state index in [4.69, 9.17) is 0 Å². The summed E-state index contributed by atoms with van der Waals surface area (Å²) in [4.78, 5) is 9.13. The fourth-order valence-corrected chi connectivity index (χ4v) is 3.12. The van der Waals surface area contributed by atoms with Gasteiger partial charge in [-0.15, -0.1) is 0 Å². The number of halogens is 2. The number of hydrogen-bond donors (Lipinski definition) is 2. The summed E-state index contributed by atoms with van der Waals surface area (Å²) in [6.07, 6.45) is 2.37. The van der Waals surface area contributed by atoms with Crippen molar-refractivity contribution in [2.45, 2.75) is 18.8 Å². The molecule has 6 heteroatoms. The molecule has 1 heterocycles. The molecule has 1 fully saturated rings. The average molecular weight is 398 g/mol.